The largest absolute Gasteiger partial charge is 0.497 e. The van der Waals surface area contributed by atoms with Gasteiger partial charge in [0, 0.05) is 6.42 Å². The normalized spacial score (nSPS) is 19.8. The van der Waals surface area contributed by atoms with Crippen molar-refractivity contribution >= 4 is 0 Å². The summed E-state index contributed by atoms with van der Waals surface area (Å²) >= 11 is 0. The predicted octanol–water partition coefficient (Wildman–Crippen LogP) is 4.14. The fourth-order valence-electron chi connectivity index (χ4n) is 4.37. The Morgan fingerprint density at radius 1 is 0.886 bits per heavy atom. The van der Waals surface area contributed by atoms with E-state index in [1.165, 1.54) is 0 Å². The predicted molar refractivity (Wildman–Crippen MR) is 132 cm³/mol. The summed E-state index contributed by atoms with van der Waals surface area (Å²) in [5.41, 5.74) is 1.76. The van der Waals surface area contributed by atoms with Gasteiger partial charge in [-0.3, -0.25) is 0 Å². The summed E-state index contributed by atoms with van der Waals surface area (Å²) in [6.07, 6.45) is 3.75. The van der Waals surface area contributed by atoms with E-state index in [0.717, 1.165) is 28.2 Å². The van der Waals surface area contributed by atoms with Gasteiger partial charge in [0.25, 0.3) is 0 Å². The maximum Gasteiger partial charge on any atom is 0.162 e. The van der Waals surface area contributed by atoms with Crippen LogP contribution in [0.25, 0.3) is 0 Å². The number of hydrogen-bond acceptors (Lipinski definition) is 6. The highest BCUT2D eigenvalue weighted by atomic mass is 16.7. The third-order valence-electron chi connectivity index (χ3n) is 6.18. The van der Waals surface area contributed by atoms with Gasteiger partial charge < -0.3 is 28.8 Å². The van der Waals surface area contributed by atoms with Gasteiger partial charge in [-0.1, -0.05) is 60.5 Å². The van der Waals surface area contributed by atoms with E-state index in [4.69, 9.17) is 30.1 Å². The van der Waals surface area contributed by atoms with Crippen LogP contribution < -0.4 is 9.47 Å². The molecule has 1 fully saturated rings. The molecule has 4 rings (SSSR count). The van der Waals surface area contributed by atoms with E-state index < -0.39 is 24.1 Å². The summed E-state index contributed by atoms with van der Waals surface area (Å²) in [7, 11) is 3.27. The minimum atomic E-state index is -0.985. The molecule has 6 nitrogen and oxygen atoms in total. The molecule has 1 saturated heterocycles. The Morgan fingerprint density at radius 2 is 1.43 bits per heavy atom. The third-order valence-corrected chi connectivity index (χ3v) is 6.18. The van der Waals surface area contributed by atoms with Crippen molar-refractivity contribution in [3.8, 4) is 23.8 Å². The molecule has 0 aliphatic carbocycles. The van der Waals surface area contributed by atoms with Crippen LogP contribution in [0.3, 0.4) is 0 Å². The van der Waals surface area contributed by atoms with Crippen LogP contribution in [0, 0.1) is 12.3 Å². The first-order chi connectivity index (χ1) is 17.1. The molecule has 6 heteroatoms. The van der Waals surface area contributed by atoms with Crippen molar-refractivity contribution in [1.82, 2.24) is 0 Å². The Kier molecular flexibility index (Phi) is 8.06. The number of ether oxygens (including phenoxy) is 5. The van der Waals surface area contributed by atoms with Crippen LogP contribution in [0.2, 0.25) is 0 Å². The lowest BCUT2D eigenvalue weighted by atomic mass is 9.80. The van der Waals surface area contributed by atoms with Crippen LogP contribution in [0.5, 0.6) is 11.5 Å². The van der Waals surface area contributed by atoms with Gasteiger partial charge in [-0.2, -0.15) is 0 Å². The summed E-state index contributed by atoms with van der Waals surface area (Å²) in [5, 5.41) is 10.6. The zero-order valence-electron chi connectivity index (χ0n) is 19.9. The lowest BCUT2D eigenvalue weighted by Gasteiger charge is -2.37. The first-order valence-corrected chi connectivity index (χ1v) is 11.5. The average Bonchev–Trinajstić information content (AvgIpc) is 3.28. The lowest BCUT2D eigenvalue weighted by Crippen LogP contribution is -2.38. The molecule has 0 saturated carbocycles. The number of methoxy groups -OCH3 is 2. The standard InChI is InChI=1S/C29H30O6/c1-4-18-33-28-19-26(30)27(35-28)20-34-29(21-8-6-5-7-9-21,22-10-14-24(31-2)15-11-22)23-12-16-25(32-3)17-13-23/h1,5-17,26-28,30H,18-20H2,2-3H3/t26-,27-,28-/m1/s1. The number of rotatable bonds is 10. The molecule has 1 heterocycles. The summed E-state index contributed by atoms with van der Waals surface area (Å²) < 4.78 is 29.0. The fourth-order valence-corrected chi connectivity index (χ4v) is 4.37. The number of terminal acetylenes is 1. The molecule has 0 spiro atoms. The number of aliphatic hydroxyl groups excluding tert-OH is 1. The molecule has 1 aliphatic rings. The number of aliphatic hydroxyl groups is 1. The molecule has 182 valence electrons. The highest BCUT2D eigenvalue weighted by Gasteiger charge is 2.41. The molecule has 3 atom stereocenters. The van der Waals surface area contributed by atoms with Crippen LogP contribution in [-0.4, -0.2) is 51.0 Å². The highest BCUT2D eigenvalue weighted by Crippen LogP contribution is 2.42. The maximum atomic E-state index is 10.6. The van der Waals surface area contributed by atoms with Crippen molar-refractivity contribution in [3.05, 3.63) is 95.6 Å². The smallest absolute Gasteiger partial charge is 0.162 e. The molecule has 1 aliphatic heterocycles. The minimum absolute atomic E-state index is 0.122. The van der Waals surface area contributed by atoms with E-state index in [1.807, 2.05) is 78.9 Å². The van der Waals surface area contributed by atoms with Crippen LogP contribution in [0.4, 0.5) is 0 Å². The first kappa shape index (κ1) is 24.8. The van der Waals surface area contributed by atoms with Gasteiger partial charge in [-0.25, -0.2) is 0 Å². The van der Waals surface area contributed by atoms with Crippen molar-refractivity contribution in [2.24, 2.45) is 0 Å². The van der Waals surface area contributed by atoms with Crippen molar-refractivity contribution in [2.75, 3.05) is 27.4 Å². The zero-order valence-corrected chi connectivity index (χ0v) is 19.9. The SMILES string of the molecule is C#CCO[C@H]1C[C@@H](O)[C@@H](COC(c2ccccc2)(c2ccc(OC)cc2)c2ccc(OC)cc2)O1. The Hall–Kier alpha value is -3.34. The lowest BCUT2D eigenvalue weighted by molar-refractivity contribution is -0.150. The average molecular weight is 475 g/mol. The van der Waals surface area contributed by atoms with Gasteiger partial charge in [-0.05, 0) is 41.0 Å². The summed E-state index contributed by atoms with van der Waals surface area (Å²) in [6.45, 7) is 0.251. The van der Waals surface area contributed by atoms with E-state index in [0.29, 0.717) is 6.42 Å². The van der Waals surface area contributed by atoms with Gasteiger partial charge in [0.15, 0.2) is 6.29 Å². The highest BCUT2D eigenvalue weighted by molar-refractivity contribution is 5.49. The summed E-state index contributed by atoms with van der Waals surface area (Å²) in [6, 6.07) is 25.6. The molecule has 3 aromatic rings. The second-order valence-electron chi connectivity index (χ2n) is 8.24. The van der Waals surface area contributed by atoms with Crippen LogP contribution in [0.15, 0.2) is 78.9 Å². The molecule has 3 aromatic carbocycles. The first-order valence-electron chi connectivity index (χ1n) is 11.5. The van der Waals surface area contributed by atoms with Crippen LogP contribution in [0.1, 0.15) is 23.1 Å². The molecule has 0 aromatic heterocycles. The second-order valence-corrected chi connectivity index (χ2v) is 8.24. The molecule has 35 heavy (non-hydrogen) atoms. The third kappa shape index (κ3) is 5.34. The Morgan fingerprint density at radius 3 is 1.94 bits per heavy atom. The van der Waals surface area contributed by atoms with Gasteiger partial charge >= 0.3 is 0 Å². The maximum absolute atomic E-state index is 10.6. The topological polar surface area (TPSA) is 66.4 Å². The van der Waals surface area contributed by atoms with Crippen LogP contribution in [-0.2, 0) is 19.8 Å². The van der Waals surface area contributed by atoms with Gasteiger partial charge in [-0.15, -0.1) is 6.42 Å². The van der Waals surface area contributed by atoms with Gasteiger partial charge in [0.2, 0.25) is 0 Å². The molecule has 0 bridgehead atoms. The summed E-state index contributed by atoms with van der Waals surface area (Å²) in [5.74, 6) is 3.92. The minimum Gasteiger partial charge on any atom is -0.497 e. The van der Waals surface area contributed by atoms with E-state index >= 15 is 0 Å². The molecule has 1 N–H and O–H groups in total. The van der Waals surface area contributed by atoms with Gasteiger partial charge in [0.05, 0.1) is 26.9 Å². The number of hydrogen-bond donors (Lipinski definition) is 1. The molecule has 0 amide bonds. The zero-order chi connectivity index (χ0) is 24.7. The quantitative estimate of drug-likeness (QED) is 0.352. The van der Waals surface area contributed by atoms with Crippen molar-refractivity contribution < 1.29 is 28.8 Å². The Balaban J connectivity index is 1.75. The van der Waals surface area contributed by atoms with Crippen molar-refractivity contribution in [1.29, 1.82) is 0 Å². The number of benzene rings is 3. The Labute approximate surface area is 206 Å². The Bertz CT molecular complexity index is 1060. The fraction of sp³-hybridized carbons (Fsp3) is 0.310. The molecule has 0 unspecified atom stereocenters. The second kappa shape index (κ2) is 11.4. The summed E-state index contributed by atoms with van der Waals surface area (Å²) in [4.78, 5) is 0. The monoisotopic (exact) mass is 474 g/mol. The van der Waals surface area contributed by atoms with Gasteiger partial charge in [0.1, 0.15) is 29.8 Å². The van der Waals surface area contributed by atoms with Crippen molar-refractivity contribution in [2.45, 2.75) is 30.5 Å². The van der Waals surface area contributed by atoms with E-state index in [1.54, 1.807) is 14.2 Å². The van der Waals surface area contributed by atoms with E-state index in [9.17, 15) is 5.11 Å². The van der Waals surface area contributed by atoms with E-state index in [-0.39, 0.29) is 13.2 Å². The molecular formula is C29H30O6. The molecule has 0 radical (unpaired) electrons. The van der Waals surface area contributed by atoms with E-state index in [2.05, 4.69) is 5.92 Å². The van der Waals surface area contributed by atoms with Crippen LogP contribution >= 0.6 is 0 Å². The molecular weight excluding hydrogens is 444 g/mol. The van der Waals surface area contributed by atoms with Crippen molar-refractivity contribution in [3.63, 3.8) is 0 Å².